The summed E-state index contributed by atoms with van der Waals surface area (Å²) in [5, 5.41) is 9.52. The van der Waals surface area contributed by atoms with Crippen LogP contribution in [0.3, 0.4) is 0 Å². The summed E-state index contributed by atoms with van der Waals surface area (Å²) in [5.74, 6) is 0.254. The lowest BCUT2D eigenvalue weighted by Gasteiger charge is -2.30. The van der Waals surface area contributed by atoms with Gasteiger partial charge in [0.05, 0.1) is 17.6 Å². The van der Waals surface area contributed by atoms with E-state index in [1.807, 2.05) is 18.2 Å². The van der Waals surface area contributed by atoms with E-state index in [4.69, 9.17) is 0 Å². The number of hydrogen-bond acceptors (Lipinski definition) is 7. The van der Waals surface area contributed by atoms with E-state index < -0.39 is 0 Å². The highest BCUT2D eigenvalue weighted by molar-refractivity contribution is 7.17. The zero-order valence-electron chi connectivity index (χ0n) is 16.2. The first kappa shape index (κ1) is 18.7. The molecule has 0 bridgehead atoms. The number of fused-ring (bicyclic) bond motifs is 1. The Morgan fingerprint density at radius 2 is 2.00 bits per heavy atom. The second-order valence-corrected chi connectivity index (χ2v) is 7.97. The van der Waals surface area contributed by atoms with Crippen LogP contribution in [-0.2, 0) is 0 Å². The molecule has 0 radical (unpaired) electrons. The quantitative estimate of drug-likeness (QED) is 0.530. The average Bonchev–Trinajstić information content (AvgIpc) is 3.28. The van der Waals surface area contributed by atoms with E-state index in [-0.39, 0.29) is 5.91 Å². The number of nitrogens with zero attached hydrogens (tertiary/aromatic N) is 4. The smallest absolute Gasteiger partial charge is 0.274 e. The Bertz CT molecular complexity index is 1200. The van der Waals surface area contributed by atoms with E-state index in [9.17, 15) is 4.79 Å². The number of thiophene rings is 1. The summed E-state index contributed by atoms with van der Waals surface area (Å²) in [5.41, 5.74) is 2.86. The topological polar surface area (TPSA) is 83.0 Å². The first-order valence-corrected chi connectivity index (χ1v) is 10.7. The minimum Gasteiger partial charge on any atom is -0.367 e. The number of anilines is 2. The van der Waals surface area contributed by atoms with Crippen molar-refractivity contribution in [2.45, 2.75) is 0 Å². The molecule has 0 saturated carbocycles. The lowest BCUT2D eigenvalue weighted by molar-refractivity contribution is 0.102. The van der Waals surface area contributed by atoms with Crippen LogP contribution in [-0.4, -0.2) is 47.0 Å². The number of carbonyl (C=O) groups excluding carboxylic acids is 1. The standard InChI is InChI=1S/C22H20N6OS/c29-22(27-18-14-24-6-4-19(18)28-10-8-23-9-11-28)17-3-7-25-21(26-17)16-1-2-20-15(13-16)5-12-30-20/h1-7,12-14,23H,8-11H2,(H,27,29). The summed E-state index contributed by atoms with van der Waals surface area (Å²) >= 11 is 1.69. The summed E-state index contributed by atoms with van der Waals surface area (Å²) in [7, 11) is 0. The van der Waals surface area contributed by atoms with Gasteiger partial charge in [-0.1, -0.05) is 0 Å². The molecule has 8 heteroatoms. The molecule has 7 nitrogen and oxygen atoms in total. The molecule has 1 saturated heterocycles. The maximum absolute atomic E-state index is 12.9. The second-order valence-electron chi connectivity index (χ2n) is 7.02. The lowest BCUT2D eigenvalue weighted by Crippen LogP contribution is -2.43. The summed E-state index contributed by atoms with van der Waals surface area (Å²) in [6.07, 6.45) is 5.05. The molecular weight excluding hydrogens is 396 g/mol. The number of carbonyl (C=O) groups is 1. The third-order valence-electron chi connectivity index (χ3n) is 5.10. The Labute approximate surface area is 177 Å². The van der Waals surface area contributed by atoms with Crippen molar-refractivity contribution >= 4 is 38.7 Å². The first-order chi connectivity index (χ1) is 14.8. The van der Waals surface area contributed by atoms with Crippen LogP contribution >= 0.6 is 11.3 Å². The van der Waals surface area contributed by atoms with Crippen LogP contribution in [0.2, 0.25) is 0 Å². The van der Waals surface area contributed by atoms with Gasteiger partial charge in [-0.3, -0.25) is 9.78 Å². The summed E-state index contributed by atoms with van der Waals surface area (Å²) < 4.78 is 1.21. The van der Waals surface area contributed by atoms with Crippen molar-refractivity contribution in [3.63, 3.8) is 0 Å². The van der Waals surface area contributed by atoms with Crippen molar-refractivity contribution in [1.29, 1.82) is 0 Å². The van der Waals surface area contributed by atoms with Gasteiger partial charge in [0.2, 0.25) is 0 Å². The number of benzene rings is 1. The van der Waals surface area contributed by atoms with E-state index in [0.29, 0.717) is 17.2 Å². The zero-order chi connectivity index (χ0) is 20.3. The number of aromatic nitrogens is 3. The SMILES string of the molecule is O=C(Nc1cnccc1N1CCNCC1)c1ccnc(-c2ccc3sccc3c2)n1. The molecular formula is C22H20N6OS. The predicted molar refractivity (Wildman–Crippen MR) is 120 cm³/mol. The Hall–Kier alpha value is -3.36. The normalized spacial score (nSPS) is 14.1. The predicted octanol–water partition coefficient (Wildman–Crippen LogP) is 3.42. The van der Waals surface area contributed by atoms with Gasteiger partial charge in [0.15, 0.2) is 5.82 Å². The van der Waals surface area contributed by atoms with E-state index in [0.717, 1.165) is 42.8 Å². The monoisotopic (exact) mass is 416 g/mol. The van der Waals surface area contributed by atoms with E-state index in [2.05, 4.69) is 48.0 Å². The van der Waals surface area contributed by atoms with E-state index in [1.54, 1.807) is 36.0 Å². The molecule has 30 heavy (non-hydrogen) atoms. The summed E-state index contributed by atoms with van der Waals surface area (Å²) in [6.45, 7) is 3.60. The van der Waals surface area contributed by atoms with Gasteiger partial charge in [-0.15, -0.1) is 11.3 Å². The minimum atomic E-state index is -0.278. The van der Waals surface area contributed by atoms with Gasteiger partial charge in [-0.25, -0.2) is 9.97 Å². The number of hydrogen-bond donors (Lipinski definition) is 2. The molecule has 1 amide bonds. The molecule has 0 unspecified atom stereocenters. The number of piperazine rings is 1. The Kier molecular flexibility index (Phi) is 5.08. The van der Waals surface area contributed by atoms with Crippen LogP contribution in [0.1, 0.15) is 10.5 Å². The van der Waals surface area contributed by atoms with Crippen LogP contribution in [0.25, 0.3) is 21.5 Å². The Balaban J connectivity index is 1.40. The van der Waals surface area contributed by atoms with Gasteiger partial charge in [0.1, 0.15) is 5.69 Å². The van der Waals surface area contributed by atoms with Gasteiger partial charge >= 0.3 is 0 Å². The van der Waals surface area contributed by atoms with Crippen molar-refractivity contribution in [3.05, 3.63) is 66.1 Å². The number of nitrogens with one attached hydrogen (secondary N) is 2. The van der Waals surface area contributed by atoms with Crippen molar-refractivity contribution in [2.75, 3.05) is 36.4 Å². The second kappa shape index (κ2) is 8.17. The fraction of sp³-hybridized carbons (Fsp3) is 0.182. The number of rotatable bonds is 4. The van der Waals surface area contributed by atoms with Gasteiger partial charge < -0.3 is 15.5 Å². The van der Waals surface area contributed by atoms with Crippen molar-refractivity contribution in [1.82, 2.24) is 20.3 Å². The van der Waals surface area contributed by atoms with Crippen LogP contribution in [0.15, 0.2) is 60.4 Å². The molecule has 3 aromatic heterocycles. The minimum absolute atomic E-state index is 0.278. The van der Waals surface area contributed by atoms with Gasteiger partial charge in [-0.2, -0.15) is 0 Å². The average molecular weight is 417 g/mol. The van der Waals surface area contributed by atoms with E-state index in [1.165, 1.54) is 4.70 Å². The number of pyridine rings is 1. The van der Waals surface area contributed by atoms with Gasteiger partial charge in [-0.05, 0) is 47.2 Å². The third-order valence-corrected chi connectivity index (χ3v) is 6.00. The molecule has 150 valence electrons. The molecule has 0 spiro atoms. The number of amides is 1. The Morgan fingerprint density at radius 3 is 2.90 bits per heavy atom. The maximum atomic E-state index is 12.9. The zero-order valence-corrected chi connectivity index (χ0v) is 17.0. The van der Waals surface area contributed by atoms with Crippen LogP contribution < -0.4 is 15.5 Å². The highest BCUT2D eigenvalue weighted by Gasteiger charge is 2.17. The van der Waals surface area contributed by atoms with Crippen LogP contribution in [0.5, 0.6) is 0 Å². The molecule has 2 N–H and O–H groups in total. The maximum Gasteiger partial charge on any atom is 0.274 e. The van der Waals surface area contributed by atoms with Crippen LogP contribution in [0, 0.1) is 0 Å². The largest absolute Gasteiger partial charge is 0.367 e. The van der Waals surface area contributed by atoms with Crippen LogP contribution in [0.4, 0.5) is 11.4 Å². The molecule has 1 aromatic carbocycles. The molecule has 1 fully saturated rings. The molecule has 1 aliphatic heterocycles. The third kappa shape index (κ3) is 3.74. The molecule has 5 rings (SSSR count). The highest BCUT2D eigenvalue weighted by atomic mass is 32.1. The fourth-order valence-corrected chi connectivity index (χ4v) is 4.35. The lowest BCUT2D eigenvalue weighted by atomic mass is 10.1. The Morgan fingerprint density at radius 1 is 1.10 bits per heavy atom. The molecule has 0 aliphatic carbocycles. The highest BCUT2D eigenvalue weighted by Crippen LogP contribution is 2.27. The van der Waals surface area contributed by atoms with Gasteiger partial charge in [0, 0.05) is 48.8 Å². The van der Waals surface area contributed by atoms with Crippen molar-refractivity contribution in [2.24, 2.45) is 0 Å². The summed E-state index contributed by atoms with van der Waals surface area (Å²) in [6, 6.07) is 11.7. The summed E-state index contributed by atoms with van der Waals surface area (Å²) in [4.78, 5) is 28.3. The molecule has 1 aliphatic rings. The molecule has 0 atom stereocenters. The molecule has 4 aromatic rings. The molecule has 4 heterocycles. The van der Waals surface area contributed by atoms with Crippen molar-refractivity contribution in [3.8, 4) is 11.4 Å². The van der Waals surface area contributed by atoms with E-state index >= 15 is 0 Å². The van der Waals surface area contributed by atoms with Crippen molar-refractivity contribution < 1.29 is 4.79 Å². The van der Waals surface area contributed by atoms with Gasteiger partial charge in [0.25, 0.3) is 5.91 Å². The first-order valence-electron chi connectivity index (χ1n) is 9.80. The fourth-order valence-electron chi connectivity index (χ4n) is 3.58.